The zero-order valence-corrected chi connectivity index (χ0v) is 32.4. The third-order valence-electron chi connectivity index (χ3n) is 13.1. The van der Waals surface area contributed by atoms with Gasteiger partial charge in [-0.05, 0) is 100 Å². The number of imide groups is 1. The van der Waals surface area contributed by atoms with Crippen LogP contribution in [0.2, 0.25) is 0 Å². The summed E-state index contributed by atoms with van der Waals surface area (Å²) < 4.78 is 1.74. The molecule has 0 spiro atoms. The van der Waals surface area contributed by atoms with Crippen molar-refractivity contribution in [2.24, 2.45) is 5.92 Å². The number of nitrogens with one attached hydrogen (secondary N) is 2. The van der Waals surface area contributed by atoms with E-state index in [2.05, 4.69) is 48.5 Å². The number of carbonyl (C=O) groups excluding carboxylic acids is 3. The molecule has 1 aromatic carbocycles. The Morgan fingerprint density at radius 3 is 2.34 bits per heavy atom. The molecule has 2 bridgehead atoms. The lowest BCUT2D eigenvalue weighted by Gasteiger charge is -2.44. The minimum absolute atomic E-state index is 0.0242. The zero-order chi connectivity index (χ0) is 38.5. The number of hydrogen-bond donors (Lipinski definition) is 2. The molecule has 7 heterocycles. The van der Waals surface area contributed by atoms with Crippen molar-refractivity contribution in [3.63, 3.8) is 0 Å². The summed E-state index contributed by atoms with van der Waals surface area (Å²) in [5.74, 6) is 0.829. The van der Waals surface area contributed by atoms with Crippen LogP contribution in [0.5, 0.6) is 0 Å². The predicted molar refractivity (Wildman–Crippen MR) is 216 cm³/mol. The van der Waals surface area contributed by atoms with Crippen molar-refractivity contribution in [1.29, 1.82) is 0 Å². The second-order valence-corrected chi connectivity index (χ2v) is 16.7. The number of Topliss-reactive ketones (excluding diaryl/α,β-unsaturated/α-hetero) is 1. The molecule has 3 aromatic heterocycles. The smallest absolute Gasteiger partial charge is 0.263 e. The van der Waals surface area contributed by atoms with Crippen LogP contribution >= 0.6 is 0 Å². The first kappa shape index (κ1) is 36.5. The Morgan fingerprint density at radius 2 is 1.64 bits per heavy atom. The number of piperazine rings is 1. The van der Waals surface area contributed by atoms with Crippen LogP contribution in [-0.4, -0.2) is 86.8 Å². The van der Waals surface area contributed by atoms with Gasteiger partial charge < -0.3 is 15.1 Å². The highest BCUT2D eigenvalue weighted by Crippen LogP contribution is 2.37. The molecule has 2 N–H and O–H groups in total. The Kier molecular flexibility index (Phi) is 9.81. The average Bonchev–Trinajstić information content (AvgIpc) is 3.81. The van der Waals surface area contributed by atoms with Gasteiger partial charge in [0.05, 0.1) is 23.4 Å². The quantitative estimate of drug-likeness (QED) is 0.162. The van der Waals surface area contributed by atoms with Gasteiger partial charge in [-0.2, -0.15) is 4.98 Å². The summed E-state index contributed by atoms with van der Waals surface area (Å²) in [6.07, 6.45) is 13.2. The number of benzene rings is 1. The van der Waals surface area contributed by atoms with Gasteiger partial charge in [0.2, 0.25) is 17.8 Å². The number of rotatable bonds is 9. The highest BCUT2D eigenvalue weighted by Gasteiger charge is 2.41. The number of aryl methyl sites for hydroxylation is 1. The van der Waals surface area contributed by atoms with E-state index in [1.165, 1.54) is 25.5 Å². The summed E-state index contributed by atoms with van der Waals surface area (Å²) in [6.45, 7) is 8.52. The summed E-state index contributed by atoms with van der Waals surface area (Å²) in [4.78, 5) is 72.2. The highest BCUT2D eigenvalue weighted by atomic mass is 16.2. The summed E-state index contributed by atoms with van der Waals surface area (Å²) in [5, 5.41) is 6.50. The van der Waals surface area contributed by atoms with Gasteiger partial charge in [-0.15, -0.1) is 0 Å². The number of nitrogens with zero attached hydrogens (tertiary/aromatic N) is 7. The van der Waals surface area contributed by atoms with Gasteiger partial charge in [-0.1, -0.05) is 25.0 Å². The van der Waals surface area contributed by atoms with Crippen molar-refractivity contribution in [3.05, 3.63) is 75.8 Å². The molecule has 56 heavy (non-hydrogen) atoms. The maximum atomic E-state index is 13.6. The zero-order valence-electron chi connectivity index (χ0n) is 32.4. The van der Waals surface area contributed by atoms with Gasteiger partial charge in [0.1, 0.15) is 11.5 Å². The second kappa shape index (κ2) is 15.1. The van der Waals surface area contributed by atoms with Crippen LogP contribution in [0.1, 0.15) is 105 Å². The third kappa shape index (κ3) is 6.94. The maximum Gasteiger partial charge on any atom is 0.263 e. The largest absolute Gasteiger partial charge is 0.372 e. The lowest BCUT2D eigenvalue weighted by atomic mass is 9.90. The predicted octanol–water partition coefficient (Wildman–Crippen LogP) is 5.65. The molecule has 1 saturated carbocycles. The molecule has 4 aliphatic heterocycles. The monoisotopic (exact) mass is 757 g/mol. The lowest BCUT2D eigenvalue weighted by Crippen LogP contribution is -2.55. The van der Waals surface area contributed by atoms with Crippen LogP contribution in [-0.2, 0) is 9.59 Å². The molecule has 0 radical (unpaired) electrons. The number of likely N-dealkylation sites (tertiary alicyclic amines) is 1. The molecular formula is C43H51N9O4. The number of ketones is 1. The number of anilines is 4. The fourth-order valence-corrected chi connectivity index (χ4v) is 10.3. The molecule has 9 rings (SSSR count). The average molecular weight is 758 g/mol. The Labute approximate surface area is 326 Å². The molecule has 3 unspecified atom stereocenters. The molecule has 2 amide bonds. The van der Waals surface area contributed by atoms with Crippen molar-refractivity contribution in [3.8, 4) is 0 Å². The van der Waals surface area contributed by atoms with Gasteiger partial charge in [0.25, 0.3) is 5.56 Å². The molecular weight excluding hydrogens is 707 g/mol. The molecule has 3 atom stereocenters. The van der Waals surface area contributed by atoms with Gasteiger partial charge in [0, 0.05) is 74.5 Å². The molecule has 1 aliphatic carbocycles. The van der Waals surface area contributed by atoms with Crippen molar-refractivity contribution in [1.82, 2.24) is 29.7 Å². The van der Waals surface area contributed by atoms with Gasteiger partial charge >= 0.3 is 0 Å². The minimum atomic E-state index is -0.257. The molecule has 4 aromatic rings. The minimum Gasteiger partial charge on any atom is -0.372 e. The Hall–Kier alpha value is -5.17. The van der Waals surface area contributed by atoms with Gasteiger partial charge in [0.15, 0.2) is 5.78 Å². The van der Waals surface area contributed by atoms with Crippen LogP contribution in [0.3, 0.4) is 0 Å². The second-order valence-electron chi connectivity index (χ2n) is 16.7. The SMILES string of the molecule is CC(=O)c1c(C)c2cnc(Nc3ccc(N4C5CCC4CN(CC4CCN(c6cccc(C7CCC(=O)NC7=O)c6)CC4)C5)cn3)nc2n(C2CCCC2)c1=O. The van der Waals surface area contributed by atoms with E-state index in [9.17, 15) is 19.2 Å². The first-order chi connectivity index (χ1) is 27.2. The van der Waals surface area contributed by atoms with Gasteiger partial charge in [-0.3, -0.25) is 34.0 Å². The van der Waals surface area contributed by atoms with Gasteiger partial charge in [-0.25, -0.2) is 9.97 Å². The number of carbonyl (C=O) groups is 3. The molecule has 5 aliphatic rings. The van der Waals surface area contributed by atoms with Crippen LogP contribution < -0.4 is 26.0 Å². The van der Waals surface area contributed by atoms with E-state index in [0.717, 1.165) is 87.9 Å². The Balaban J connectivity index is 0.817. The number of piperidine rings is 2. The Morgan fingerprint density at radius 1 is 0.875 bits per heavy atom. The first-order valence-electron chi connectivity index (χ1n) is 20.6. The van der Waals surface area contributed by atoms with E-state index in [1.54, 1.807) is 10.8 Å². The first-order valence-corrected chi connectivity index (χ1v) is 20.6. The van der Waals surface area contributed by atoms with Crippen LogP contribution in [0.4, 0.5) is 23.1 Å². The number of aromatic nitrogens is 4. The van der Waals surface area contributed by atoms with Crippen molar-refractivity contribution in [2.45, 2.75) is 102 Å². The molecule has 4 saturated heterocycles. The van der Waals surface area contributed by atoms with E-state index in [1.807, 2.05) is 31.3 Å². The normalized spacial score (nSPS) is 23.6. The van der Waals surface area contributed by atoms with Crippen LogP contribution in [0.25, 0.3) is 11.0 Å². The maximum absolute atomic E-state index is 13.6. The standard InChI is InChI=1S/C43H51N9O4/c1-26-36-22-45-43(48-40(36)52(30-7-3-4-8-30)42(56)39(26)27(2)53)46-37-14-12-32(21-44-37)51-33-10-11-34(51)25-49(24-33)23-28-16-18-50(19-17-28)31-9-5-6-29(20-31)35-13-15-38(54)47-41(35)55/h5-6,9,12,14,20-22,28,30,33-35H,3-4,7-8,10-11,13,15-19,23-25H2,1-2H3,(H,47,54,55)(H,44,45,46,48). The number of hydrogen-bond acceptors (Lipinski definition) is 11. The third-order valence-corrected chi connectivity index (χ3v) is 13.1. The molecule has 292 valence electrons. The van der Waals surface area contributed by atoms with E-state index < -0.39 is 0 Å². The fraction of sp³-hybridized carbons (Fsp3) is 0.512. The van der Waals surface area contributed by atoms with Crippen molar-refractivity contribution in [2.75, 3.05) is 47.8 Å². The summed E-state index contributed by atoms with van der Waals surface area (Å²) >= 11 is 0. The summed E-state index contributed by atoms with van der Waals surface area (Å²) in [5.41, 5.74) is 4.47. The molecule has 13 nitrogen and oxygen atoms in total. The molecule has 5 fully saturated rings. The van der Waals surface area contributed by atoms with Crippen LogP contribution in [0.15, 0.2) is 53.6 Å². The number of amides is 2. The topological polar surface area (TPSA) is 146 Å². The summed E-state index contributed by atoms with van der Waals surface area (Å²) in [6, 6.07) is 13.4. The number of fused-ring (bicyclic) bond motifs is 3. The van der Waals surface area contributed by atoms with Crippen molar-refractivity contribution < 1.29 is 14.4 Å². The van der Waals surface area contributed by atoms with E-state index >= 15 is 0 Å². The Bertz CT molecular complexity index is 2210. The van der Waals surface area contributed by atoms with Crippen molar-refractivity contribution >= 4 is 51.8 Å². The van der Waals surface area contributed by atoms with E-state index in [0.29, 0.717) is 53.8 Å². The van der Waals surface area contributed by atoms with E-state index in [4.69, 9.17) is 9.97 Å². The van der Waals surface area contributed by atoms with Crippen LogP contribution in [0, 0.1) is 12.8 Å². The number of pyridine rings is 2. The highest BCUT2D eigenvalue weighted by molar-refractivity contribution is 6.01. The van der Waals surface area contributed by atoms with E-state index in [-0.39, 0.29) is 40.7 Å². The lowest BCUT2D eigenvalue weighted by molar-refractivity contribution is -0.134. The fourth-order valence-electron chi connectivity index (χ4n) is 10.3. The molecule has 13 heteroatoms. The summed E-state index contributed by atoms with van der Waals surface area (Å²) in [7, 11) is 0.